The van der Waals surface area contributed by atoms with E-state index in [1.165, 1.54) is 28.0 Å². The number of hydrogen-bond acceptors (Lipinski definition) is 8. The minimum absolute atomic E-state index is 0.207. The molecule has 0 saturated carbocycles. The number of benzene rings is 2. The molecule has 1 amide bonds. The Hall–Kier alpha value is -3.14. The number of rotatable bonds is 7. The number of anilines is 1. The average Bonchev–Trinajstić information content (AvgIpc) is 3.44. The van der Waals surface area contributed by atoms with Crippen molar-refractivity contribution in [2.24, 2.45) is 0 Å². The van der Waals surface area contributed by atoms with Crippen LogP contribution in [-0.4, -0.2) is 29.9 Å². The Morgan fingerprint density at radius 1 is 1.12 bits per heavy atom. The molecule has 33 heavy (non-hydrogen) atoms. The van der Waals surface area contributed by atoms with Crippen molar-refractivity contribution in [1.82, 2.24) is 0 Å². The van der Waals surface area contributed by atoms with Gasteiger partial charge in [-0.05, 0) is 66.4 Å². The van der Waals surface area contributed by atoms with Crippen molar-refractivity contribution in [3.05, 3.63) is 75.3 Å². The van der Waals surface area contributed by atoms with Crippen LogP contribution in [0, 0.1) is 0 Å². The Balaban J connectivity index is 1.57. The quantitative estimate of drug-likeness (QED) is 0.177. The highest BCUT2D eigenvalue weighted by molar-refractivity contribution is 8.27. The second-order valence-corrected chi connectivity index (χ2v) is 9.34. The van der Waals surface area contributed by atoms with E-state index in [4.69, 9.17) is 26.4 Å². The summed E-state index contributed by atoms with van der Waals surface area (Å²) in [5.41, 5.74) is 1.40. The molecule has 0 spiro atoms. The van der Waals surface area contributed by atoms with Gasteiger partial charge in [-0.2, -0.15) is 0 Å². The zero-order valence-corrected chi connectivity index (χ0v) is 20.2. The third kappa shape index (κ3) is 5.11. The lowest BCUT2D eigenvalue weighted by Gasteiger charge is -2.14. The molecule has 168 valence electrons. The van der Waals surface area contributed by atoms with Gasteiger partial charge in [-0.3, -0.25) is 9.69 Å². The molecule has 1 aromatic heterocycles. The summed E-state index contributed by atoms with van der Waals surface area (Å²) in [6.45, 7) is 2.24. The number of carbonyl (C=O) groups excluding carboxylic acids is 2. The van der Waals surface area contributed by atoms with Crippen LogP contribution in [0.25, 0.3) is 6.08 Å². The lowest BCUT2D eigenvalue weighted by Crippen LogP contribution is -2.27. The predicted molar refractivity (Wildman–Crippen MR) is 136 cm³/mol. The summed E-state index contributed by atoms with van der Waals surface area (Å²) in [4.78, 5) is 27.9. The fraction of sp³-hybridized carbons (Fsp3) is 0.125. The Labute approximate surface area is 204 Å². The molecular weight excluding hydrogens is 478 g/mol. The highest BCUT2D eigenvalue weighted by Crippen LogP contribution is 2.38. The van der Waals surface area contributed by atoms with E-state index in [0.29, 0.717) is 43.6 Å². The van der Waals surface area contributed by atoms with E-state index in [9.17, 15) is 9.59 Å². The van der Waals surface area contributed by atoms with E-state index >= 15 is 0 Å². The number of thiophene rings is 1. The number of carbonyl (C=O) groups is 2. The van der Waals surface area contributed by atoms with E-state index in [1.54, 1.807) is 67.8 Å². The van der Waals surface area contributed by atoms with Crippen LogP contribution in [0.4, 0.5) is 5.69 Å². The van der Waals surface area contributed by atoms with Crippen LogP contribution in [-0.2, 0) is 4.79 Å². The molecule has 2 aromatic carbocycles. The SMILES string of the molecule is CCOc1cc(/C=C2/SC(=S)N(c3ccc(OC)cc3)C2=O)ccc1OC(=O)c1cccs1. The molecule has 0 unspecified atom stereocenters. The first kappa shape index (κ1) is 23.0. The summed E-state index contributed by atoms with van der Waals surface area (Å²) in [5, 5.41) is 1.81. The van der Waals surface area contributed by atoms with Crippen molar-refractivity contribution < 1.29 is 23.8 Å². The first-order valence-corrected chi connectivity index (χ1v) is 12.0. The van der Waals surface area contributed by atoms with Gasteiger partial charge in [0.2, 0.25) is 0 Å². The first-order valence-electron chi connectivity index (χ1n) is 9.94. The normalized spacial score (nSPS) is 14.6. The largest absolute Gasteiger partial charge is 0.497 e. The van der Waals surface area contributed by atoms with Crippen LogP contribution in [0.2, 0.25) is 0 Å². The van der Waals surface area contributed by atoms with Crippen molar-refractivity contribution in [3.8, 4) is 17.2 Å². The van der Waals surface area contributed by atoms with E-state index < -0.39 is 5.97 Å². The molecule has 9 heteroatoms. The molecule has 0 aliphatic carbocycles. The molecule has 0 atom stereocenters. The van der Waals surface area contributed by atoms with Crippen LogP contribution >= 0.6 is 35.3 Å². The van der Waals surface area contributed by atoms with Crippen molar-refractivity contribution in [1.29, 1.82) is 0 Å². The van der Waals surface area contributed by atoms with Gasteiger partial charge in [0.1, 0.15) is 10.6 Å². The third-order valence-electron chi connectivity index (χ3n) is 4.61. The number of hydrogen-bond donors (Lipinski definition) is 0. The van der Waals surface area contributed by atoms with Crippen LogP contribution in [0.3, 0.4) is 0 Å². The molecular formula is C24H19NO5S3. The van der Waals surface area contributed by atoms with E-state index in [0.717, 1.165) is 5.56 Å². The number of thioether (sulfide) groups is 1. The van der Waals surface area contributed by atoms with Gasteiger partial charge >= 0.3 is 5.97 Å². The van der Waals surface area contributed by atoms with Crippen LogP contribution in [0.1, 0.15) is 22.2 Å². The average molecular weight is 498 g/mol. The minimum Gasteiger partial charge on any atom is -0.497 e. The van der Waals surface area contributed by atoms with Crippen molar-refractivity contribution in [3.63, 3.8) is 0 Å². The number of methoxy groups -OCH3 is 1. The zero-order chi connectivity index (χ0) is 23.4. The number of thiocarbonyl (C=S) groups is 1. The van der Waals surface area contributed by atoms with Gasteiger partial charge in [-0.15, -0.1) is 11.3 Å². The summed E-state index contributed by atoms with van der Waals surface area (Å²) >= 11 is 7.98. The topological polar surface area (TPSA) is 65.1 Å². The molecule has 1 aliphatic heterocycles. The summed E-state index contributed by atoms with van der Waals surface area (Å²) in [6.07, 6.45) is 1.75. The monoisotopic (exact) mass is 497 g/mol. The minimum atomic E-state index is -0.445. The van der Waals surface area contributed by atoms with Crippen molar-refractivity contribution in [2.45, 2.75) is 6.92 Å². The smallest absolute Gasteiger partial charge is 0.353 e. The van der Waals surface area contributed by atoms with Crippen LogP contribution in [0.15, 0.2) is 64.9 Å². The van der Waals surface area contributed by atoms with Gasteiger partial charge in [0.05, 0.1) is 24.3 Å². The second kappa shape index (κ2) is 10.2. The Morgan fingerprint density at radius 3 is 2.58 bits per heavy atom. The zero-order valence-electron chi connectivity index (χ0n) is 17.8. The lowest BCUT2D eigenvalue weighted by molar-refractivity contribution is -0.113. The predicted octanol–water partition coefficient (Wildman–Crippen LogP) is 5.78. The summed E-state index contributed by atoms with van der Waals surface area (Å²) in [5.74, 6) is 0.781. The number of nitrogens with zero attached hydrogens (tertiary/aromatic N) is 1. The summed E-state index contributed by atoms with van der Waals surface area (Å²) in [7, 11) is 1.59. The molecule has 1 aliphatic rings. The van der Waals surface area contributed by atoms with E-state index in [2.05, 4.69) is 0 Å². The maximum atomic E-state index is 13.0. The summed E-state index contributed by atoms with van der Waals surface area (Å²) in [6, 6.07) is 15.8. The van der Waals surface area contributed by atoms with Gasteiger partial charge in [0, 0.05) is 0 Å². The lowest BCUT2D eigenvalue weighted by atomic mass is 10.1. The molecule has 0 radical (unpaired) electrons. The molecule has 1 fully saturated rings. The van der Waals surface area contributed by atoms with Crippen LogP contribution < -0.4 is 19.1 Å². The fourth-order valence-electron chi connectivity index (χ4n) is 3.08. The van der Waals surface area contributed by atoms with Gasteiger partial charge < -0.3 is 14.2 Å². The molecule has 1 saturated heterocycles. The standard InChI is InChI=1S/C24H19NO5S3/c1-3-29-19-13-15(6-11-18(19)30-23(27)20-5-4-12-32-20)14-21-22(26)25(24(31)33-21)16-7-9-17(28-2)10-8-16/h4-14H,3H2,1-2H3/b21-14+. The van der Waals surface area contributed by atoms with E-state index in [1.807, 2.05) is 12.3 Å². The number of ether oxygens (including phenoxy) is 3. The molecule has 0 bridgehead atoms. The molecule has 2 heterocycles. The second-order valence-electron chi connectivity index (χ2n) is 6.72. The molecule has 4 rings (SSSR count). The maximum absolute atomic E-state index is 13.0. The Bertz CT molecular complexity index is 1220. The number of esters is 1. The molecule has 3 aromatic rings. The highest BCUT2D eigenvalue weighted by atomic mass is 32.2. The number of amides is 1. The van der Waals surface area contributed by atoms with Gasteiger partial charge in [-0.25, -0.2) is 4.79 Å². The van der Waals surface area contributed by atoms with Crippen molar-refractivity contribution >= 4 is 63.3 Å². The van der Waals surface area contributed by atoms with Gasteiger partial charge in [0.15, 0.2) is 15.8 Å². The summed E-state index contributed by atoms with van der Waals surface area (Å²) < 4.78 is 16.8. The van der Waals surface area contributed by atoms with Gasteiger partial charge in [-0.1, -0.05) is 36.1 Å². The molecule has 0 N–H and O–H groups in total. The van der Waals surface area contributed by atoms with Crippen molar-refractivity contribution in [2.75, 3.05) is 18.6 Å². The first-order chi connectivity index (χ1) is 16.0. The molecule has 6 nitrogen and oxygen atoms in total. The van der Waals surface area contributed by atoms with Gasteiger partial charge in [0.25, 0.3) is 5.91 Å². The Kier molecular flexibility index (Phi) is 7.12. The fourth-order valence-corrected chi connectivity index (χ4v) is 4.98. The van der Waals surface area contributed by atoms with Crippen LogP contribution in [0.5, 0.6) is 17.2 Å². The maximum Gasteiger partial charge on any atom is 0.353 e. The Morgan fingerprint density at radius 2 is 1.91 bits per heavy atom. The third-order valence-corrected chi connectivity index (χ3v) is 6.77. The van der Waals surface area contributed by atoms with E-state index in [-0.39, 0.29) is 5.91 Å². The highest BCUT2D eigenvalue weighted by Gasteiger charge is 2.33.